The van der Waals surface area contributed by atoms with Gasteiger partial charge in [-0.2, -0.15) is 0 Å². The maximum atomic E-state index is 13.5. The first-order chi connectivity index (χ1) is 11.2. The molecule has 4 heteroatoms. The van der Waals surface area contributed by atoms with Crippen LogP contribution in [0.2, 0.25) is 0 Å². The van der Waals surface area contributed by atoms with E-state index < -0.39 is 6.17 Å². The minimum atomic E-state index is -0.738. The normalized spacial score (nSPS) is 21.1. The quantitative estimate of drug-likeness (QED) is 0.703. The Balaban J connectivity index is 1.56. The van der Waals surface area contributed by atoms with Gasteiger partial charge < -0.3 is 9.47 Å². The highest BCUT2D eigenvalue weighted by Crippen LogP contribution is 2.31. The van der Waals surface area contributed by atoms with Crippen molar-refractivity contribution in [3.8, 4) is 5.75 Å². The van der Waals surface area contributed by atoms with Gasteiger partial charge in [-0.3, -0.25) is 0 Å². The number of ether oxygens (including phenoxy) is 2. The zero-order valence-corrected chi connectivity index (χ0v) is 14.0. The maximum Gasteiger partial charge on any atom is 0.118 e. The Kier molecular flexibility index (Phi) is 5.57. The average Bonchev–Trinajstić information content (AvgIpc) is 2.61. The van der Waals surface area contributed by atoms with Crippen LogP contribution in [-0.2, 0) is 10.5 Å². The number of hydrogen-bond acceptors (Lipinski definition) is 3. The van der Waals surface area contributed by atoms with Crippen molar-refractivity contribution in [2.24, 2.45) is 0 Å². The van der Waals surface area contributed by atoms with Crippen molar-refractivity contribution >= 4 is 11.8 Å². The second-order valence-corrected chi connectivity index (χ2v) is 6.74. The highest BCUT2D eigenvalue weighted by molar-refractivity contribution is 7.98. The van der Waals surface area contributed by atoms with Crippen molar-refractivity contribution in [3.05, 3.63) is 59.7 Å². The van der Waals surface area contributed by atoms with Crippen molar-refractivity contribution in [1.29, 1.82) is 0 Å². The van der Waals surface area contributed by atoms with E-state index in [0.29, 0.717) is 19.4 Å². The van der Waals surface area contributed by atoms with Crippen molar-refractivity contribution < 1.29 is 13.9 Å². The summed E-state index contributed by atoms with van der Waals surface area (Å²) in [6.45, 7) is 0.514. The predicted octanol–water partition coefficient (Wildman–Crippen LogP) is 5.18. The van der Waals surface area contributed by atoms with Gasteiger partial charge in [0.15, 0.2) is 0 Å². The van der Waals surface area contributed by atoms with Crippen LogP contribution in [0.25, 0.3) is 0 Å². The Morgan fingerprint density at radius 1 is 1.13 bits per heavy atom. The molecule has 2 nitrogen and oxygen atoms in total. The summed E-state index contributed by atoms with van der Waals surface area (Å²) in [6, 6.07) is 16.4. The standard InChI is InChI=1S/C19H21FO2S/c1-21-17-6-2-14(3-7-17)13-23-18-8-4-15(5-9-18)19-12-16(20)10-11-22-19/h2-9,16,19H,10-13H2,1H3. The molecule has 2 aromatic carbocycles. The van der Waals surface area contributed by atoms with Crippen LogP contribution in [0.1, 0.15) is 30.1 Å². The molecule has 2 unspecified atom stereocenters. The lowest BCUT2D eigenvalue weighted by Gasteiger charge is -2.25. The fourth-order valence-electron chi connectivity index (χ4n) is 2.66. The van der Waals surface area contributed by atoms with E-state index in [1.165, 1.54) is 10.5 Å². The second kappa shape index (κ2) is 7.84. The van der Waals surface area contributed by atoms with E-state index in [0.717, 1.165) is 17.1 Å². The van der Waals surface area contributed by atoms with Gasteiger partial charge in [0.2, 0.25) is 0 Å². The van der Waals surface area contributed by atoms with Gasteiger partial charge in [0.25, 0.3) is 0 Å². The first kappa shape index (κ1) is 16.3. The zero-order valence-electron chi connectivity index (χ0n) is 13.2. The molecule has 1 heterocycles. The van der Waals surface area contributed by atoms with Crippen LogP contribution in [0.5, 0.6) is 5.75 Å². The molecule has 2 aromatic rings. The fraction of sp³-hybridized carbons (Fsp3) is 0.368. The van der Waals surface area contributed by atoms with Crippen molar-refractivity contribution in [1.82, 2.24) is 0 Å². The zero-order chi connectivity index (χ0) is 16.1. The molecule has 0 spiro atoms. The van der Waals surface area contributed by atoms with Crippen molar-refractivity contribution in [3.63, 3.8) is 0 Å². The van der Waals surface area contributed by atoms with Crippen LogP contribution in [0, 0.1) is 0 Å². The summed E-state index contributed by atoms with van der Waals surface area (Å²) >= 11 is 1.79. The summed E-state index contributed by atoms with van der Waals surface area (Å²) < 4.78 is 24.3. The van der Waals surface area contributed by atoms with Crippen LogP contribution in [0.15, 0.2) is 53.4 Å². The van der Waals surface area contributed by atoms with Crippen LogP contribution in [0.3, 0.4) is 0 Å². The molecule has 1 aliphatic rings. The summed E-state index contributed by atoms with van der Waals surface area (Å²) in [7, 11) is 1.67. The molecule has 122 valence electrons. The van der Waals surface area contributed by atoms with E-state index in [1.807, 2.05) is 12.1 Å². The number of halogens is 1. The van der Waals surface area contributed by atoms with E-state index in [-0.39, 0.29) is 6.10 Å². The maximum absolute atomic E-state index is 13.5. The third-order valence-electron chi connectivity index (χ3n) is 4.04. The first-order valence-corrected chi connectivity index (χ1v) is 8.84. The largest absolute Gasteiger partial charge is 0.497 e. The monoisotopic (exact) mass is 332 g/mol. The third kappa shape index (κ3) is 4.49. The summed E-state index contributed by atoms with van der Waals surface area (Å²) in [5.41, 5.74) is 2.33. The molecule has 1 aliphatic heterocycles. The fourth-order valence-corrected chi connectivity index (χ4v) is 3.51. The molecule has 0 amide bonds. The Morgan fingerprint density at radius 3 is 2.52 bits per heavy atom. The first-order valence-electron chi connectivity index (χ1n) is 7.86. The molecular formula is C19H21FO2S. The molecule has 3 rings (SSSR count). The summed E-state index contributed by atoms with van der Waals surface area (Å²) in [6.07, 6.45) is 0.155. The van der Waals surface area contributed by atoms with Crippen LogP contribution < -0.4 is 4.74 Å². The molecule has 0 radical (unpaired) electrons. The average molecular weight is 332 g/mol. The second-order valence-electron chi connectivity index (χ2n) is 5.69. The van der Waals surface area contributed by atoms with Gasteiger partial charge in [0, 0.05) is 23.5 Å². The third-order valence-corrected chi connectivity index (χ3v) is 5.12. The lowest BCUT2D eigenvalue weighted by Crippen LogP contribution is -2.20. The molecule has 2 atom stereocenters. The number of alkyl halides is 1. The van der Waals surface area contributed by atoms with Crippen LogP contribution in [-0.4, -0.2) is 19.9 Å². The Labute approximate surface area is 141 Å². The van der Waals surface area contributed by atoms with Gasteiger partial charge >= 0.3 is 0 Å². The van der Waals surface area contributed by atoms with Crippen molar-refractivity contribution in [2.75, 3.05) is 13.7 Å². The number of benzene rings is 2. The van der Waals surface area contributed by atoms with E-state index in [9.17, 15) is 4.39 Å². The molecule has 1 saturated heterocycles. The van der Waals surface area contributed by atoms with Gasteiger partial charge in [-0.25, -0.2) is 4.39 Å². The molecule has 0 bridgehead atoms. The molecule has 1 fully saturated rings. The Morgan fingerprint density at radius 2 is 1.87 bits per heavy atom. The molecular weight excluding hydrogens is 311 g/mol. The SMILES string of the molecule is COc1ccc(CSc2ccc(C3CC(F)CCO3)cc2)cc1. The predicted molar refractivity (Wildman–Crippen MR) is 91.8 cm³/mol. The molecule has 23 heavy (non-hydrogen) atoms. The lowest BCUT2D eigenvalue weighted by molar-refractivity contribution is -0.0193. The summed E-state index contributed by atoms with van der Waals surface area (Å²) in [5, 5.41) is 0. The molecule has 0 aromatic heterocycles. The van der Waals surface area contributed by atoms with Gasteiger partial charge in [-0.1, -0.05) is 24.3 Å². The van der Waals surface area contributed by atoms with Crippen molar-refractivity contribution in [2.45, 2.75) is 35.8 Å². The molecule has 0 saturated carbocycles. The Hall–Kier alpha value is -1.52. The number of thioether (sulfide) groups is 1. The van der Waals surface area contributed by atoms with E-state index in [4.69, 9.17) is 9.47 Å². The highest BCUT2D eigenvalue weighted by Gasteiger charge is 2.23. The lowest BCUT2D eigenvalue weighted by atomic mass is 10.0. The van der Waals surface area contributed by atoms with E-state index in [2.05, 4.69) is 36.4 Å². The summed E-state index contributed by atoms with van der Waals surface area (Å²) in [5.74, 6) is 1.79. The topological polar surface area (TPSA) is 18.5 Å². The van der Waals surface area contributed by atoms with Gasteiger partial charge in [0.1, 0.15) is 11.9 Å². The number of hydrogen-bond donors (Lipinski definition) is 0. The minimum Gasteiger partial charge on any atom is -0.497 e. The van der Waals surface area contributed by atoms with Crippen LogP contribution in [0.4, 0.5) is 4.39 Å². The smallest absolute Gasteiger partial charge is 0.118 e. The van der Waals surface area contributed by atoms with Gasteiger partial charge in [-0.05, 0) is 35.4 Å². The highest BCUT2D eigenvalue weighted by atomic mass is 32.2. The number of rotatable bonds is 5. The molecule has 0 aliphatic carbocycles. The van der Waals surface area contributed by atoms with E-state index in [1.54, 1.807) is 18.9 Å². The number of methoxy groups -OCH3 is 1. The van der Waals surface area contributed by atoms with Gasteiger partial charge in [-0.15, -0.1) is 11.8 Å². The summed E-state index contributed by atoms with van der Waals surface area (Å²) in [4.78, 5) is 1.21. The minimum absolute atomic E-state index is 0.0978. The molecule has 0 N–H and O–H groups in total. The van der Waals surface area contributed by atoms with E-state index >= 15 is 0 Å². The van der Waals surface area contributed by atoms with Crippen LogP contribution >= 0.6 is 11.8 Å². The van der Waals surface area contributed by atoms with Gasteiger partial charge in [0.05, 0.1) is 19.8 Å². The Bertz CT molecular complexity index is 612.